The Morgan fingerprint density at radius 3 is 2.90 bits per heavy atom. The lowest BCUT2D eigenvalue weighted by Crippen LogP contribution is -2.05. The summed E-state index contributed by atoms with van der Waals surface area (Å²) in [5.41, 5.74) is 0.367. The monoisotopic (exact) mass is 366 g/mol. The molecular formula is C14H12BrFN4S. The molecule has 2 aromatic heterocycles. The number of thiophene rings is 1. The van der Waals surface area contributed by atoms with Gasteiger partial charge in [0.15, 0.2) is 0 Å². The average molecular weight is 367 g/mol. The minimum Gasteiger partial charge on any atom is -0.354 e. The van der Waals surface area contributed by atoms with Crippen LogP contribution < -0.4 is 10.6 Å². The molecule has 0 amide bonds. The van der Waals surface area contributed by atoms with E-state index in [4.69, 9.17) is 0 Å². The van der Waals surface area contributed by atoms with E-state index < -0.39 is 0 Å². The molecule has 0 aliphatic carbocycles. The number of benzene rings is 1. The number of para-hydroxylation sites is 1. The van der Waals surface area contributed by atoms with E-state index in [-0.39, 0.29) is 5.82 Å². The summed E-state index contributed by atoms with van der Waals surface area (Å²) in [5.74, 6) is 0.779. The van der Waals surface area contributed by atoms with Crippen molar-refractivity contribution in [1.29, 1.82) is 0 Å². The first-order chi connectivity index (χ1) is 10.2. The van der Waals surface area contributed by atoms with Crippen molar-refractivity contribution in [2.24, 2.45) is 0 Å². The van der Waals surface area contributed by atoms with E-state index >= 15 is 0 Å². The molecule has 2 heterocycles. The Kier molecular flexibility index (Phi) is 4.03. The van der Waals surface area contributed by atoms with Crippen LogP contribution in [-0.2, 0) is 0 Å². The molecule has 0 aliphatic rings. The predicted molar refractivity (Wildman–Crippen MR) is 89.0 cm³/mol. The second-order valence-corrected chi connectivity index (χ2v) is 6.04. The molecule has 0 spiro atoms. The molecule has 108 valence electrons. The van der Waals surface area contributed by atoms with Crippen LogP contribution in [0.15, 0.2) is 34.1 Å². The first-order valence-corrected chi connectivity index (χ1v) is 8.06. The van der Waals surface area contributed by atoms with Crippen molar-refractivity contribution < 1.29 is 4.39 Å². The zero-order valence-electron chi connectivity index (χ0n) is 11.2. The molecule has 0 bridgehead atoms. The van der Waals surface area contributed by atoms with E-state index in [0.717, 1.165) is 16.8 Å². The van der Waals surface area contributed by atoms with Crippen LogP contribution in [-0.4, -0.2) is 16.5 Å². The fourth-order valence-electron chi connectivity index (χ4n) is 1.92. The maximum atomic E-state index is 14.0. The number of nitrogens with zero attached hydrogens (tertiary/aromatic N) is 2. The molecule has 0 aliphatic heterocycles. The Hall–Kier alpha value is -1.73. The van der Waals surface area contributed by atoms with Crippen LogP contribution in [0.2, 0.25) is 0 Å². The van der Waals surface area contributed by atoms with Gasteiger partial charge in [0, 0.05) is 11.0 Å². The number of hydrogen-bond donors (Lipinski definition) is 2. The van der Waals surface area contributed by atoms with Gasteiger partial charge < -0.3 is 10.6 Å². The third-order valence-corrected chi connectivity index (χ3v) is 4.33. The van der Waals surface area contributed by atoms with Crippen LogP contribution in [0.3, 0.4) is 0 Å². The maximum Gasteiger partial charge on any atom is 0.226 e. The number of aromatic nitrogens is 2. The summed E-state index contributed by atoms with van der Waals surface area (Å²) in [5, 5.41) is 8.96. The van der Waals surface area contributed by atoms with Gasteiger partial charge in [0.25, 0.3) is 0 Å². The van der Waals surface area contributed by atoms with Crippen LogP contribution >= 0.6 is 27.3 Å². The average Bonchev–Trinajstić information content (AvgIpc) is 2.92. The Bertz CT molecular complexity index is 769. The van der Waals surface area contributed by atoms with Crippen molar-refractivity contribution in [1.82, 2.24) is 9.97 Å². The van der Waals surface area contributed by atoms with Gasteiger partial charge in [-0.25, -0.2) is 9.37 Å². The molecule has 3 rings (SSSR count). The SMILES string of the molecule is CCNc1nc(Nc2c(F)cccc2Br)c2ccsc2n1. The predicted octanol–water partition coefficient (Wildman–Crippen LogP) is 4.77. The molecule has 2 N–H and O–H groups in total. The molecule has 0 atom stereocenters. The Labute approximate surface area is 133 Å². The van der Waals surface area contributed by atoms with Crippen molar-refractivity contribution in [3.63, 3.8) is 0 Å². The zero-order chi connectivity index (χ0) is 14.8. The van der Waals surface area contributed by atoms with Crippen LogP contribution in [0.25, 0.3) is 10.2 Å². The van der Waals surface area contributed by atoms with Crippen molar-refractivity contribution in [2.45, 2.75) is 6.92 Å². The van der Waals surface area contributed by atoms with Crippen LogP contribution in [0.1, 0.15) is 6.92 Å². The number of hydrogen-bond acceptors (Lipinski definition) is 5. The van der Waals surface area contributed by atoms with Gasteiger partial charge in [0.2, 0.25) is 5.95 Å². The largest absolute Gasteiger partial charge is 0.354 e. The highest BCUT2D eigenvalue weighted by atomic mass is 79.9. The smallest absolute Gasteiger partial charge is 0.226 e. The Balaban J connectivity index is 2.09. The lowest BCUT2D eigenvalue weighted by atomic mass is 10.3. The van der Waals surface area contributed by atoms with Gasteiger partial charge in [-0.2, -0.15) is 4.98 Å². The quantitative estimate of drug-likeness (QED) is 0.698. The summed E-state index contributed by atoms with van der Waals surface area (Å²) >= 11 is 4.87. The van der Waals surface area contributed by atoms with Crippen molar-refractivity contribution in [3.05, 3.63) is 39.9 Å². The molecule has 0 radical (unpaired) electrons. The van der Waals surface area contributed by atoms with E-state index in [1.807, 2.05) is 18.4 Å². The summed E-state index contributed by atoms with van der Waals surface area (Å²) in [6, 6.07) is 6.76. The van der Waals surface area contributed by atoms with Gasteiger partial charge in [-0.05, 0) is 46.4 Å². The highest BCUT2D eigenvalue weighted by Gasteiger charge is 2.12. The van der Waals surface area contributed by atoms with E-state index in [9.17, 15) is 4.39 Å². The fourth-order valence-corrected chi connectivity index (χ4v) is 3.13. The van der Waals surface area contributed by atoms with Crippen molar-refractivity contribution >= 4 is 54.9 Å². The molecule has 0 saturated carbocycles. The fraction of sp³-hybridized carbons (Fsp3) is 0.143. The molecule has 3 aromatic rings. The molecule has 7 heteroatoms. The van der Waals surface area contributed by atoms with E-state index in [1.165, 1.54) is 17.4 Å². The second-order valence-electron chi connectivity index (χ2n) is 4.29. The van der Waals surface area contributed by atoms with Gasteiger partial charge >= 0.3 is 0 Å². The van der Waals surface area contributed by atoms with Crippen LogP contribution in [0.5, 0.6) is 0 Å². The summed E-state index contributed by atoms with van der Waals surface area (Å²) in [6.07, 6.45) is 0. The van der Waals surface area contributed by atoms with Crippen molar-refractivity contribution in [2.75, 3.05) is 17.2 Å². The lowest BCUT2D eigenvalue weighted by Gasteiger charge is -2.11. The molecule has 4 nitrogen and oxygen atoms in total. The summed E-state index contributed by atoms with van der Waals surface area (Å²) in [7, 11) is 0. The third kappa shape index (κ3) is 2.84. The van der Waals surface area contributed by atoms with Gasteiger partial charge in [-0.3, -0.25) is 0 Å². The Morgan fingerprint density at radius 1 is 1.29 bits per heavy atom. The maximum absolute atomic E-state index is 14.0. The van der Waals surface area contributed by atoms with Gasteiger partial charge in [-0.1, -0.05) is 6.07 Å². The molecular weight excluding hydrogens is 355 g/mol. The highest BCUT2D eigenvalue weighted by Crippen LogP contribution is 2.32. The normalized spacial score (nSPS) is 10.8. The topological polar surface area (TPSA) is 49.8 Å². The first-order valence-electron chi connectivity index (χ1n) is 6.39. The molecule has 0 fully saturated rings. The summed E-state index contributed by atoms with van der Waals surface area (Å²) in [6.45, 7) is 2.70. The lowest BCUT2D eigenvalue weighted by molar-refractivity contribution is 0.631. The minimum atomic E-state index is -0.337. The summed E-state index contributed by atoms with van der Waals surface area (Å²) in [4.78, 5) is 9.71. The number of halogens is 2. The van der Waals surface area contributed by atoms with Gasteiger partial charge in [0.05, 0.1) is 11.1 Å². The number of fused-ring (bicyclic) bond motifs is 1. The standard InChI is InChI=1S/C14H12BrFN4S/c1-2-17-14-19-12(8-6-7-21-13(8)20-14)18-11-9(15)4-3-5-10(11)16/h3-7H,2H2,1H3,(H2,17,18,19,20). The zero-order valence-corrected chi connectivity index (χ0v) is 13.6. The third-order valence-electron chi connectivity index (χ3n) is 2.87. The van der Waals surface area contributed by atoms with E-state index in [0.29, 0.717) is 21.9 Å². The summed E-state index contributed by atoms with van der Waals surface area (Å²) < 4.78 is 14.6. The Morgan fingerprint density at radius 2 is 2.14 bits per heavy atom. The van der Waals surface area contributed by atoms with Crippen LogP contribution in [0.4, 0.5) is 21.8 Å². The number of rotatable bonds is 4. The van der Waals surface area contributed by atoms with Gasteiger partial charge in [0.1, 0.15) is 16.5 Å². The van der Waals surface area contributed by atoms with Crippen LogP contribution in [0, 0.1) is 5.82 Å². The van der Waals surface area contributed by atoms with Gasteiger partial charge in [-0.15, -0.1) is 11.3 Å². The molecule has 0 unspecified atom stereocenters. The second kappa shape index (κ2) is 5.95. The minimum absolute atomic E-state index is 0.337. The van der Waals surface area contributed by atoms with E-state index in [1.54, 1.807) is 12.1 Å². The van der Waals surface area contributed by atoms with E-state index in [2.05, 4.69) is 36.5 Å². The number of anilines is 3. The van der Waals surface area contributed by atoms with Crippen molar-refractivity contribution in [3.8, 4) is 0 Å². The highest BCUT2D eigenvalue weighted by molar-refractivity contribution is 9.10. The number of nitrogens with one attached hydrogen (secondary N) is 2. The molecule has 21 heavy (non-hydrogen) atoms. The first kappa shape index (κ1) is 14.2. The molecule has 1 aromatic carbocycles. The molecule has 0 saturated heterocycles.